The molecule has 1 atom stereocenters. The molecule has 2 heterocycles. The topological polar surface area (TPSA) is 87.9 Å². The van der Waals surface area contributed by atoms with Crippen molar-refractivity contribution in [1.29, 1.82) is 0 Å². The number of morpholine rings is 1. The number of rotatable bonds is 9. The summed E-state index contributed by atoms with van der Waals surface area (Å²) in [5.74, 6) is 0.999. The Morgan fingerprint density at radius 2 is 2.00 bits per heavy atom. The van der Waals surface area contributed by atoms with Crippen LogP contribution >= 0.6 is 0 Å². The summed E-state index contributed by atoms with van der Waals surface area (Å²) in [6.45, 7) is 14.8. The van der Waals surface area contributed by atoms with Crippen LogP contribution in [0, 0.1) is 18.3 Å². The minimum Gasteiger partial charge on any atom is -0.379 e. The molecule has 8 heteroatoms. The van der Waals surface area contributed by atoms with Crippen LogP contribution in [-0.2, 0) is 14.3 Å². The zero-order valence-electron chi connectivity index (χ0n) is 18.5. The molecule has 0 spiro atoms. The number of aryl methyl sites for hydroxylation is 1. The highest BCUT2D eigenvalue weighted by molar-refractivity contribution is 5.93. The molecule has 0 aromatic carbocycles. The van der Waals surface area contributed by atoms with E-state index in [2.05, 4.69) is 43.1 Å². The smallest absolute Gasteiger partial charge is 0.245 e. The Bertz CT molecular complexity index is 662. The van der Waals surface area contributed by atoms with Crippen LogP contribution in [0.1, 0.15) is 46.3 Å². The van der Waals surface area contributed by atoms with E-state index in [1.165, 1.54) is 0 Å². The molecule has 1 aliphatic rings. The molecule has 8 nitrogen and oxygen atoms in total. The Balaban J connectivity index is 1.94. The van der Waals surface area contributed by atoms with Crippen molar-refractivity contribution in [3.8, 4) is 0 Å². The summed E-state index contributed by atoms with van der Waals surface area (Å²) in [5.41, 5.74) is 0.167. The van der Waals surface area contributed by atoms with E-state index in [1.807, 2.05) is 0 Å². The number of hydrogen-bond donors (Lipinski definition) is 1. The molecular weight excluding hydrogens is 372 g/mol. The van der Waals surface area contributed by atoms with Gasteiger partial charge in [-0.2, -0.15) is 0 Å². The van der Waals surface area contributed by atoms with E-state index in [0.717, 1.165) is 26.1 Å². The fourth-order valence-corrected chi connectivity index (χ4v) is 3.70. The van der Waals surface area contributed by atoms with Crippen LogP contribution in [0.3, 0.4) is 0 Å². The highest BCUT2D eigenvalue weighted by atomic mass is 16.5. The lowest BCUT2D eigenvalue weighted by Gasteiger charge is -2.31. The number of anilines is 1. The molecule has 2 amide bonds. The first-order chi connectivity index (χ1) is 13.6. The molecule has 164 valence electrons. The van der Waals surface area contributed by atoms with Crippen LogP contribution in [0.2, 0.25) is 0 Å². The second-order valence-corrected chi connectivity index (χ2v) is 9.21. The van der Waals surface area contributed by atoms with Crippen LogP contribution < -0.4 is 5.32 Å². The van der Waals surface area contributed by atoms with Crippen LogP contribution in [-0.4, -0.2) is 72.7 Å². The van der Waals surface area contributed by atoms with Gasteiger partial charge < -0.3 is 19.5 Å². The third kappa shape index (κ3) is 8.95. The number of aromatic nitrogens is 1. The first-order valence-corrected chi connectivity index (χ1v) is 10.4. The number of nitrogens with one attached hydrogen (secondary N) is 1. The number of hydrogen-bond acceptors (Lipinski definition) is 6. The molecule has 0 bridgehead atoms. The predicted octanol–water partition coefficient (Wildman–Crippen LogP) is 2.54. The first-order valence-electron chi connectivity index (χ1n) is 10.4. The van der Waals surface area contributed by atoms with Crippen LogP contribution in [0.5, 0.6) is 0 Å². The fourth-order valence-electron chi connectivity index (χ4n) is 3.70. The Labute approximate surface area is 173 Å². The number of ether oxygens (including phenoxy) is 1. The molecule has 1 unspecified atom stereocenters. The van der Waals surface area contributed by atoms with Crippen molar-refractivity contribution >= 4 is 17.6 Å². The molecule has 0 saturated carbocycles. The van der Waals surface area contributed by atoms with E-state index in [9.17, 15) is 9.59 Å². The van der Waals surface area contributed by atoms with Crippen molar-refractivity contribution in [1.82, 2.24) is 15.0 Å². The maximum Gasteiger partial charge on any atom is 0.245 e. The van der Waals surface area contributed by atoms with Gasteiger partial charge in [0.15, 0.2) is 5.82 Å². The minimum absolute atomic E-state index is 0.0112. The van der Waals surface area contributed by atoms with Gasteiger partial charge in [0.25, 0.3) is 0 Å². The first kappa shape index (κ1) is 23.3. The van der Waals surface area contributed by atoms with E-state index in [0.29, 0.717) is 37.8 Å². The molecule has 2 rings (SSSR count). The van der Waals surface area contributed by atoms with Gasteiger partial charge in [0.2, 0.25) is 11.8 Å². The third-order valence-corrected chi connectivity index (χ3v) is 4.86. The lowest BCUT2D eigenvalue weighted by Crippen LogP contribution is -2.45. The lowest BCUT2D eigenvalue weighted by molar-refractivity contribution is -0.136. The third-order valence-electron chi connectivity index (χ3n) is 4.86. The van der Waals surface area contributed by atoms with Crippen molar-refractivity contribution in [3.63, 3.8) is 0 Å². The molecule has 1 aromatic heterocycles. The van der Waals surface area contributed by atoms with Crippen LogP contribution in [0.4, 0.5) is 5.82 Å². The average Bonchev–Trinajstić information content (AvgIpc) is 3.02. The normalized spacial score (nSPS) is 16.4. The van der Waals surface area contributed by atoms with Gasteiger partial charge in [-0.15, -0.1) is 0 Å². The molecule has 1 N–H and O–H groups in total. The molecule has 29 heavy (non-hydrogen) atoms. The Morgan fingerprint density at radius 3 is 2.59 bits per heavy atom. The highest BCUT2D eigenvalue weighted by Gasteiger charge is 2.23. The monoisotopic (exact) mass is 408 g/mol. The number of nitrogens with zero attached hydrogens (tertiary/aromatic N) is 3. The summed E-state index contributed by atoms with van der Waals surface area (Å²) in [5, 5.41) is 6.49. The van der Waals surface area contributed by atoms with Crippen LogP contribution in [0.25, 0.3) is 0 Å². The Hall–Kier alpha value is -1.93. The number of carbonyl (C=O) groups excluding carboxylic acids is 2. The van der Waals surface area contributed by atoms with Crippen molar-refractivity contribution in [2.75, 3.05) is 51.3 Å². The molecule has 1 aliphatic heterocycles. The van der Waals surface area contributed by atoms with Gasteiger partial charge in [-0.25, -0.2) is 0 Å². The van der Waals surface area contributed by atoms with Gasteiger partial charge >= 0.3 is 0 Å². The number of carbonyl (C=O) groups is 2. The number of amides is 2. The van der Waals surface area contributed by atoms with E-state index >= 15 is 0 Å². The van der Waals surface area contributed by atoms with Gasteiger partial charge in [-0.3, -0.25) is 14.5 Å². The van der Waals surface area contributed by atoms with Gasteiger partial charge in [0.05, 0.1) is 19.8 Å². The minimum atomic E-state index is -0.267. The molecule has 1 saturated heterocycles. The molecule has 1 fully saturated rings. The largest absolute Gasteiger partial charge is 0.379 e. The molecular formula is C21H36N4O4. The van der Waals surface area contributed by atoms with Crippen molar-refractivity contribution < 1.29 is 18.8 Å². The van der Waals surface area contributed by atoms with Gasteiger partial charge in [-0.05, 0) is 24.7 Å². The Morgan fingerprint density at radius 1 is 1.31 bits per heavy atom. The maximum absolute atomic E-state index is 13.0. The summed E-state index contributed by atoms with van der Waals surface area (Å²) >= 11 is 0. The lowest BCUT2D eigenvalue weighted by atomic mass is 9.84. The zero-order chi connectivity index (χ0) is 21.4. The van der Waals surface area contributed by atoms with Gasteiger partial charge in [0, 0.05) is 38.7 Å². The second kappa shape index (κ2) is 10.7. The second-order valence-electron chi connectivity index (χ2n) is 9.21. The van der Waals surface area contributed by atoms with Crippen molar-refractivity contribution in [2.45, 2.75) is 47.5 Å². The molecule has 0 radical (unpaired) electrons. The van der Waals surface area contributed by atoms with Gasteiger partial charge in [-0.1, -0.05) is 32.9 Å². The van der Waals surface area contributed by atoms with E-state index in [1.54, 1.807) is 17.9 Å². The van der Waals surface area contributed by atoms with Crippen LogP contribution in [0.15, 0.2) is 10.6 Å². The van der Waals surface area contributed by atoms with E-state index < -0.39 is 0 Å². The quantitative estimate of drug-likeness (QED) is 0.676. The maximum atomic E-state index is 13.0. The summed E-state index contributed by atoms with van der Waals surface area (Å²) in [6, 6.07) is 1.66. The zero-order valence-corrected chi connectivity index (χ0v) is 18.5. The summed E-state index contributed by atoms with van der Waals surface area (Å²) < 4.78 is 10.4. The predicted molar refractivity (Wildman–Crippen MR) is 112 cm³/mol. The SMILES string of the molecule is Cc1cc(NC(=O)CN(CCN2CCOCC2)C(=O)CC(C)CC(C)(C)C)no1. The summed E-state index contributed by atoms with van der Waals surface area (Å²) in [7, 11) is 0. The average molecular weight is 409 g/mol. The standard InChI is InChI=1S/C21H36N4O4/c1-16(14-21(3,4)5)12-20(27)25(7-6-24-8-10-28-11-9-24)15-19(26)22-18-13-17(2)29-23-18/h13,16H,6-12,14-15H2,1-5H3,(H,22,23,26). The highest BCUT2D eigenvalue weighted by Crippen LogP contribution is 2.26. The summed E-state index contributed by atoms with van der Waals surface area (Å²) in [6.07, 6.45) is 1.40. The van der Waals surface area contributed by atoms with Gasteiger partial charge in [0.1, 0.15) is 5.76 Å². The van der Waals surface area contributed by atoms with Crippen molar-refractivity contribution in [3.05, 3.63) is 11.8 Å². The van der Waals surface area contributed by atoms with Crippen molar-refractivity contribution in [2.24, 2.45) is 11.3 Å². The fraction of sp³-hybridized carbons (Fsp3) is 0.762. The molecule has 0 aliphatic carbocycles. The van der Waals surface area contributed by atoms with E-state index in [4.69, 9.17) is 9.26 Å². The summed E-state index contributed by atoms with van der Waals surface area (Å²) in [4.78, 5) is 29.4. The Kier molecular flexibility index (Phi) is 8.64. The van der Waals surface area contributed by atoms with E-state index in [-0.39, 0.29) is 29.7 Å². The molecule has 1 aromatic rings.